The first-order valence-electron chi connectivity index (χ1n) is 11.2. The Morgan fingerprint density at radius 1 is 1.35 bits per heavy atom. The molecule has 1 aromatic carbocycles. The zero-order chi connectivity index (χ0) is 24.7. The van der Waals surface area contributed by atoms with Gasteiger partial charge in [0.2, 0.25) is 0 Å². The molecule has 0 unspecified atom stereocenters. The molecule has 10 heteroatoms. The number of likely N-dealkylation sites (tertiary alicyclic amines) is 1. The number of nitrogen functional groups attached to an aromatic ring is 1. The van der Waals surface area contributed by atoms with E-state index in [2.05, 4.69) is 4.98 Å². The molecule has 2 atom stereocenters. The van der Waals surface area contributed by atoms with Crippen molar-refractivity contribution < 1.29 is 18.7 Å². The number of anilines is 1. The fourth-order valence-electron chi connectivity index (χ4n) is 4.48. The SMILES string of the molecule is CO[C@H]1CCN(C(=O)c2c(F)c(Cl)cc([C@H](C)c3nc(C)c4c(N)nccn34)c2OC(C)C)C1. The maximum absolute atomic E-state index is 15.4. The van der Waals surface area contributed by atoms with Crippen molar-refractivity contribution in [2.24, 2.45) is 0 Å². The van der Waals surface area contributed by atoms with Crippen LogP contribution in [0, 0.1) is 12.7 Å². The minimum atomic E-state index is -0.795. The molecular formula is C24H29ClFN5O3. The molecule has 1 aliphatic rings. The molecule has 0 spiro atoms. The van der Waals surface area contributed by atoms with Gasteiger partial charge in [0.05, 0.1) is 22.9 Å². The summed E-state index contributed by atoms with van der Waals surface area (Å²) in [6.45, 7) is 8.25. The smallest absolute Gasteiger partial charge is 0.260 e. The van der Waals surface area contributed by atoms with Crippen molar-refractivity contribution in [2.75, 3.05) is 25.9 Å². The molecule has 0 radical (unpaired) electrons. The Labute approximate surface area is 202 Å². The number of ether oxygens (including phenoxy) is 2. The fraction of sp³-hybridized carbons (Fsp3) is 0.458. The van der Waals surface area contributed by atoms with E-state index in [9.17, 15) is 4.79 Å². The highest BCUT2D eigenvalue weighted by atomic mass is 35.5. The summed E-state index contributed by atoms with van der Waals surface area (Å²) < 4.78 is 28.7. The summed E-state index contributed by atoms with van der Waals surface area (Å²) in [5.74, 6) is -0.479. The Morgan fingerprint density at radius 3 is 2.74 bits per heavy atom. The zero-order valence-electron chi connectivity index (χ0n) is 19.9. The number of hydrogen-bond acceptors (Lipinski definition) is 6. The molecule has 1 fully saturated rings. The third-order valence-electron chi connectivity index (χ3n) is 6.17. The monoisotopic (exact) mass is 489 g/mol. The molecule has 0 bridgehead atoms. The van der Waals surface area contributed by atoms with Crippen molar-refractivity contribution in [1.82, 2.24) is 19.3 Å². The van der Waals surface area contributed by atoms with Crippen molar-refractivity contribution in [2.45, 2.75) is 52.2 Å². The van der Waals surface area contributed by atoms with Crippen molar-refractivity contribution in [1.29, 1.82) is 0 Å². The van der Waals surface area contributed by atoms with Gasteiger partial charge in [-0.1, -0.05) is 18.5 Å². The number of hydrogen-bond donors (Lipinski definition) is 1. The molecule has 2 N–H and O–H groups in total. The van der Waals surface area contributed by atoms with Gasteiger partial charge in [0, 0.05) is 44.1 Å². The van der Waals surface area contributed by atoms with Crippen LogP contribution in [0.3, 0.4) is 0 Å². The maximum Gasteiger partial charge on any atom is 0.260 e. The van der Waals surface area contributed by atoms with Crippen LogP contribution in [0.1, 0.15) is 60.5 Å². The highest BCUT2D eigenvalue weighted by Crippen LogP contribution is 2.40. The Balaban J connectivity index is 1.88. The molecule has 34 heavy (non-hydrogen) atoms. The van der Waals surface area contributed by atoms with Crippen LogP contribution in [-0.4, -0.2) is 57.6 Å². The van der Waals surface area contributed by atoms with Crippen LogP contribution in [0.5, 0.6) is 5.75 Å². The largest absolute Gasteiger partial charge is 0.490 e. The number of nitrogens with two attached hydrogens (primary N) is 1. The van der Waals surface area contributed by atoms with Crippen molar-refractivity contribution in [3.63, 3.8) is 0 Å². The van der Waals surface area contributed by atoms with Gasteiger partial charge in [0.1, 0.15) is 28.5 Å². The van der Waals surface area contributed by atoms with E-state index in [1.165, 1.54) is 6.07 Å². The van der Waals surface area contributed by atoms with Crippen molar-refractivity contribution >= 4 is 28.8 Å². The minimum absolute atomic E-state index is 0.0858. The number of benzene rings is 1. The van der Waals surface area contributed by atoms with E-state index >= 15 is 4.39 Å². The number of carbonyl (C=O) groups excluding carboxylic acids is 1. The predicted octanol–water partition coefficient (Wildman–Crippen LogP) is 4.21. The summed E-state index contributed by atoms with van der Waals surface area (Å²) in [7, 11) is 1.60. The van der Waals surface area contributed by atoms with Crippen LogP contribution in [0.15, 0.2) is 18.5 Å². The van der Waals surface area contributed by atoms with E-state index in [-0.39, 0.29) is 28.5 Å². The highest BCUT2D eigenvalue weighted by molar-refractivity contribution is 6.31. The Kier molecular flexibility index (Phi) is 6.69. The summed E-state index contributed by atoms with van der Waals surface area (Å²) in [4.78, 5) is 23.9. The number of aromatic nitrogens is 3. The average molecular weight is 490 g/mol. The summed E-state index contributed by atoms with van der Waals surface area (Å²) >= 11 is 6.33. The van der Waals surface area contributed by atoms with Gasteiger partial charge in [-0.3, -0.25) is 9.20 Å². The predicted molar refractivity (Wildman–Crippen MR) is 128 cm³/mol. The number of halogens is 2. The molecule has 2 aromatic heterocycles. The fourth-order valence-corrected chi connectivity index (χ4v) is 4.69. The molecule has 0 aliphatic carbocycles. The quantitative estimate of drug-likeness (QED) is 0.557. The van der Waals surface area contributed by atoms with E-state index in [0.29, 0.717) is 47.9 Å². The van der Waals surface area contributed by atoms with Crippen LogP contribution >= 0.6 is 11.6 Å². The van der Waals surface area contributed by atoms with E-state index in [1.807, 2.05) is 32.1 Å². The average Bonchev–Trinajstić information content (AvgIpc) is 3.40. The van der Waals surface area contributed by atoms with Gasteiger partial charge in [0.15, 0.2) is 5.82 Å². The second-order valence-corrected chi connectivity index (χ2v) is 9.25. The molecule has 0 saturated carbocycles. The van der Waals surface area contributed by atoms with Gasteiger partial charge in [-0.2, -0.15) is 0 Å². The molecule has 8 nitrogen and oxygen atoms in total. The summed E-state index contributed by atoms with van der Waals surface area (Å²) in [6, 6.07) is 1.51. The van der Waals surface area contributed by atoms with Crippen LogP contribution < -0.4 is 10.5 Å². The molecule has 1 amide bonds. The highest BCUT2D eigenvalue weighted by Gasteiger charge is 2.34. The van der Waals surface area contributed by atoms with Crippen LogP contribution in [0.4, 0.5) is 10.2 Å². The zero-order valence-corrected chi connectivity index (χ0v) is 20.7. The molecule has 182 valence electrons. The summed E-state index contributed by atoms with van der Waals surface area (Å²) in [5, 5.41) is -0.150. The summed E-state index contributed by atoms with van der Waals surface area (Å²) in [6.07, 6.45) is 3.66. The third kappa shape index (κ3) is 4.18. The van der Waals surface area contributed by atoms with Gasteiger partial charge in [-0.05, 0) is 33.3 Å². The molecule has 1 saturated heterocycles. The van der Waals surface area contributed by atoms with Gasteiger partial charge < -0.3 is 20.1 Å². The van der Waals surface area contributed by atoms with Gasteiger partial charge in [0.25, 0.3) is 5.91 Å². The lowest BCUT2D eigenvalue weighted by molar-refractivity contribution is 0.0713. The summed E-state index contributed by atoms with van der Waals surface area (Å²) in [5.41, 5.74) is 7.88. The number of imidazole rings is 1. The lowest BCUT2D eigenvalue weighted by Crippen LogP contribution is -2.31. The normalized spacial score (nSPS) is 17.1. The first kappa shape index (κ1) is 24.2. The van der Waals surface area contributed by atoms with Crippen molar-refractivity contribution in [3.8, 4) is 5.75 Å². The molecule has 3 aromatic rings. The van der Waals surface area contributed by atoms with Crippen LogP contribution in [0.2, 0.25) is 5.02 Å². The van der Waals surface area contributed by atoms with Gasteiger partial charge in [-0.15, -0.1) is 0 Å². The number of rotatable bonds is 6. The molecule has 3 heterocycles. The van der Waals surface area contributed by atoms with E-state index in [4.69, 9.17) is 31.8 Å². The number of carbonyl (C=O) groups is 1. The number of nitrogens with zero attached hydrogens (tertiary/aromatic N) is 4. The van der Waals surface area contributed by atoms with Crippen LogP contribution in [0.25, 0.3) is 5.52 Å². The van der Waals surface area contributed by atoms with Gasteiger partial charge >= 0.3 is 0 Å². The standard InChI is InChI=1S/C24H29ClFN5O3/c1-12(2)34-21-16(13(3)23-29-14(4)20-22(27)28-7-9-31(20)23)10-17(25)19(26)18(21)24(32)30-8-6-15(11-30)33-5/h7,9-10,12-13,15H,6,8,11H2,1-5H3,(H2,27,28)/t13-,15-/m0/s1. The Morgan fingerprint density at radius 2 is 2.09 bits per heavy atom. The Hall–Kier alpha value is -2.91. The molecular weight excluding hydrogens is 461 g/mol. The number of amides is 1. The number of fused-ring (bicyclic) bond motifs is 1. The molecule has 4 rings (SSSR count). The topological polar surface area (TPSA) is 95.0 Å². The van der Waals surface area contributed by atoms with Crippen LogP contribution in [-0.2, 0) is 4.74 Å². The van der Waals surface area contributed by atoms with Crippen molar-refractivity contribution in [3.05, 3.63) is 51.9 Å². The van der Waals surface area contributed by atoms with E-state index in [1.54, 1.807) is 24.4 Å². The first-order chi connectivity index (χ1) is 16.1. The third-order valence-corrected chi connectivity index (χ3v) is 6.45. The van der Waals surface area contributed by atoms with E-state index < -0.39 is 17.6 Å². The van der Waals surface area contributed by atoms with Gasteiger partial charge in [-0.25, -0.2) is 14.4 Å². The maximum atomic E-state index is 15.4. The number of methoxy groups -OCH3 is 1. The molecule has 1 aliphatic heterocycles. The first-order valence-corrected chi connectivity index (χ1v) is 11.6. The second kappa shape index (κ2) is 9.38. The van der Waals surface area contributed by atoms with E-state index in [0.717, 1.165) is 0 Å². The number of aryl methyl sites for hydroxylation is 1. The lowest BCUT2D eigenvalue weighted by atomic mass is 9.95. The second-order valence-electron chi connectivity index (χ2n) is 8.84. The Bertz CT molecular complexity index is 1250. The lowest BCUT2D eigenvalue weighted by Gasteiger charge is -2.24. The minimum Gasteiger partial charge on any atom is -0.490 e.